The second-order valence-corrected chi connectivity index (χ2v) is 5.32. The van der Waals surface area contributed by atoms with Gasteiger partial charge in [-0.3, -0.25) is 9.78 Å². The summed E-state index contributed by atoms with van der Waals surface area (Å²) < 4.78 is 6.08. The van der Waals surface area contributed by atoms with Gasteiger partial charge < -0.3 is 9.64 Å². The minimum Gasteiger partial charge on any atom is -0.487 e. The summed E-state index contributed by atoms with van der Waals surface area (Å²) in [6.07, 6.45) is 4.11. The molecule has 20 heavy (non-hydrogen) atoms. The quantitative estimate of drug-likeness (QED) is 0.799. The molecule has 0 N–H and O–H groups in total. The lowest BCUT2D eigenvalue weighted by Crippen LogP contribution is -2.34. The fourth-order valence-electron chi connectivity index (χ4n) is 2.51. The van der Waals surface area contributed by atoms with Crippen molar-refractivity contribution in [1.82, 2.24) is 9.88 Å². The number of carbonyl (C=O) groups excluding carboxylic acids is 1. The van der Waals surface area contributed by atoms with Gasteiger partial charge in [-0.05, 0) is 18.6 Å². The molecule has 1 atom stereocenters. The van der Waals surface area contributed by atoms with Gasteiger partial charge in [-0.15, -0.1) is 11.6 Å². The second kappa shape index (κ2) is 5.29. The molecule has 1 aliphatic rings. The zero-order chi connectivity index (χ0) is 14.1. The van der Waals surface area contributed by atoms with Crippen LogP contribution >= 0.6 is 11.6 Å². The van der Waals surface area contributed by atoms with Gasteiger partial charge in [0.1, 0.15) is 11.9 Å². The maximum Gasteiger partial charge on any atom is 0.257 e. The Hall–Kier alpha value is -1.81. The molecule has 2 heterocycles. The molecule has 1 amide bonds. The van der Waals surface area contributed by atoms with Gasteiger partial charge in [0.2, 0.25) is 0 Å². The minimum atomic E-state index is -0.0820. The second-order valence-electron chi connectivity index (χ2n) is 4.94. The van der Waals surface area contributed by atoms with Crippen LogP contribution in [-0.4, -0.2) is 41.4 Å². The fourth-order valence-corrected chi connectivity index (χ4v) is 2.75. The molecule has 5 heteroatoms. The molecule has 3 rings (SSSR count). The van der Waals surface area contributed by atoms with E-state index in [1.54, 1.807) is 30.4 Å². The van der Waals surface area contributed by atoms with Crippen molar-refractivity contribution in [2.75, 3.05) is 19.5 Å². The van der Waals surface area contributed by atoms with Gasteiger partial charge in [-0.1, -0.05) is 6.07 Å². The number of halogens is 1. The van der Waals surface area contributed by atoms with Crippen molar-refractivity contribution in [2.45, 2.75) is 12.5 Å². The summed E-state index contributed by atoms with van der Waals surface area (Å²) in [7, 11) is 1.79. The van der Waals surface area contributed by atoms with Crippen molar-refractivity contribution in [3.8, 4) is 5.75 Å². The van der Waals surface area contributed by atoms with Crippen LogP contribution in [0.15, 0.2) is 30.6 Å². The molecule has 4 nitrogen and oxygen atoms in total. The molecule has 0 aliphatic carbocycles. The molecule has 0 saturated carbocycles. The largest absolute Gasteiger partial charge is 0.487 e. The van der Waals surface area contributed by atoms with E-state index in [1.807, 2.05) is 12.1 Å². The van der Waals surface area contributed by atoms with E-state index in [-0.39, 0.29) is 12.0 Å². The summed E-state index contributed by atoms with van der Waals surface area (Å²) >= 11 is 5.82. The number of hydrogen-bond donors (Lipinski definition) is 0. The molecule has 0 radical (unpaired) electrons. The van der Waals surface area contributed by atoms with E-state index in [9.17, 15) is 4.79 Å². The molecule has 0 bridgehead atoms. The number of fused-ring (bicyclic) bond motifs is 3. The molecule has 1 aromatic heterocycles. The number of likely N-dealkylation sites (N-methyl/N-ethyl adjacent to an activating group) is 1. The highest BCUT2D eigenvalue weighted by molar-refractivity contribution is 6.17. The van der Waals surface area contributed by atoms with E-state index in [4.69, 9.17) is 16.3 Å². The number of nitrogens with zero attached hydrogens (tertiary/aromatic N) is 2. The molecule has 0 spiro atoms. The number of pyridine rings is 1. The molecule has 0 fully saturated rings. The highest BCUT2D eigenvalue weighted by Gasteiger charge is 2.27. The fraction of sp³-hybridized carbons (Fsp3) is 0.333. The smallest absolute Gasteiger partial charge is 0.257 e. The number of rotatable bonds is 2. The molecule has 1 aliphatic heterocycles. The molecule has 1 unspecified atom stereocenters. The Morgan fingerprint density at radius 2 is 2.30 bits per heavy atom. The van der Waals surface area contributed by atoms with Crippen molar-refractivity contribution in [1.29, 1.82) is 0 Å². The van der Waals surface area contributed by atoms with E-state index in [1.165, 1.54) is 0 Å². The first-order chi connectivity index (χ1) is 9.70. The van der Waals surface area contributed by atoms with Gasteiger partial charge in [0.25, 0.3) is 5.91 Å². The molecular formula is C15H15ClN2O2. The van der Waals surface area contributed by atoms with Gasteiger partial charge in [0, 0.05) is 36.1 Å². The lowest BCUT2D eigenvalue weighted by molar-refractivity contribution is 0.0759. The minimum absolute atomic E-state index is 0.0178. The Labute approximate surface area is 122 Å². The van der Waals surface area contributed by atoms with E-state index in [0.29, 0.717) is 30.2 Å². The van der Waals surface area contributed by atoms with Crippen LogP contribution in [0.1, 0.15) is 16.8 Å². The van der Waals surface area contributed by atoms with Crippen LogP contribution in [0.2, 0.25) is 0 Å². The lowest BCUT2D eigenvalue weighted by Gasteiger charge is -2.19. The maximum atomic E-state index is 12.4. The first-order valence-electron chi connectivity index (χ1n) is 6.55. The lowest BCUT2D eigenvalue weighted by atomic mass is 10.1. The Morgan fingerprint density at radius 1 is 1.45 bits per heavy atom. The summed E-state index contributed by atoms with van der Waals surface area (Å²) in [5.41, 5.74) is 0.600. The van der Waals surface area contributed by atoms with E-state index in [2.05, 4.69) is 4.98 Å². The van der Waals surface area contributed by atoms with Crippen molar-refractivity contribution >= 4 is 28.3 Å². The highest BCUT2D eigenvalue weighted by atomic mass is 35.5. The normalized spacial score (nSPS) is 18.6. The number of benzene rings is 1. The number of amides is 1. The molecule has 2 aromatic rings. The van der Waals surface area contributed by atoms with Gasteiger partial charge in [-0.25, -0.2) is 0 Å². The molecule has 1 aromatic carbocycles. The monoisotopic (exact) mass is 290 g/mol. The van der Waals surface area contributed by atoms with Crippen LogP contribution in [0, 0.1) is 0 Å². The van der Waals surface area contributed by atoms with Crippen LogP contribution in [0.4, 0.5) is 0 Å². The zero-order valence-electron chi connectivity index (χ0n) is 11.2. The molecule has 0 saturated heterocycles. The number of ether oxygens (including phenoxy) is 1. The Bertz CT molecular complexity index is 659. The van der Waals surface area contributed by atoms with Crippen molar-refractivity contribution < 1.29 is 9.53 Å². The zero-order valence-corrected chi connectivity index (χ0v) is 11.9. The summed E-state index contributed by atoms with van der Waals surface area (Å²) in [4.78, 5) is 18.2. The van der Waals surface area contributed by atoms with Crippen LogP contribution in [0.3, 0.4) is 0 Å². The third kappa shape index (κ3) is 2.20. The topological polar surface area (TPSA) is 42.4 Å². The standard InChI is InChI=1S/C15H15ClN2O2/c1-18-9-11(4-6-16)20-14-12-5-7-17-8-10(12)2-3-13(14)15(18)19/h2-3,5,7-8,11H,4,6,9H2,1H3. The number of carbonyl (C=O) groups is 1. The Balaban J connectivity index is 2.17. The third-order valence-electron chi connectivity index (χ3n) is 3.54. The Morgan fingerprint density at radius 3 is 3.10 bits per heavy atom. The average molecular weight is 291 g/mol. The van der Waals surface area contributed by atoms with Crippen molar-refractivity contribution in [3.05, 3.63) is 36.2 Å². The van der Waals surface area contributed by atoms with Gasteiger partial charge in [0.05, 0.1) is 12.1 Å². The summed E-state index contributed by atoms with van der Waals surface area (Å²) in [5, 5.41) is 1.88. The van der Waals surface area contributed by atoms with E-state index >= 15 is 0 Å². The van der Waals surface area contributed by atoms with Gasteiger partial charge >= 0.3 is 0 Å². The highest BCUT2D eigenvalue weighted by Crippen LogP contribution is 2.33. The van der Waals surface area contributed by atoms with Crippen LogP contribution in [-0.2, 0) is 0 Å². The summed E-state index contributed by atoms with van der Waals surface area (Å²) in [5.74, 6) is 1.14. The number of hydrogen-bond acceptors (Lipinski definition) is 3. The van der Waals surface area contributed by atoms with Crippen LogP contribution in [0.25, 0.3) is 10.8 Å². The molecule has 104 valence electrons. The van der Waals surface area contributed by atoms with E-state index < -0.39 is 0 Å². The van der Waals surface area contributed by atoms with Crippen molar-refractivity contribution in [2.24, 2.45) is 0 Å². The van der Waals surface area contributed by atoms with Crippen LogP contribution in [0.5, 0.6) is 5.75 Å². The first kappa shape index (κ1) is 13.2. The summed E-state index contributed by atoms with van der Waals surface area (Å²) in [6, 6.07) is 5.59. The van der Waals surface area contributed by atoms with E-state index in [0.717, 1.165) is 10.8 Å². The Kier molecular flexibility index (Phi) is 3.49. The van der Waals surface area contributed by atoms with Gasteiger partial charge in [-0.2, -0.15) is 0 Å². The number of aromatic nitrogens is 1. The maximum absolute atomic E-state index is 12.4. The average Bonchev–Trinajstić information content (AvgIpc) is 2.58. The number of alkyl halides is 1. The first-order valence-corrected chi connectivity index (χ1v) is 7.09. The molecular weight excluding hydrogens is 276 g/mol. The van der Waals surface area contributed by atoms with Crippen molar-refractivity contribution in [3.63, 3.8) is 0 Å². The predicted molar refractivity (Wildman–Crippen MR) is 78.5 cm³/mol. The summed E-state index contributed by atoms with van der Waals surface area (Å²) in [6.45, 7) is 0.548. The van der Waals surface area contributed by atoms with Gasteiger partial charge in [0.15, 0.2) is 0 Å². The predicted octanol–water partition coefficient (Wildman–Crippen LogP) is 2.70. The van der Waals surface area contributed by atoms with Crippen LogP contribution < -0.4 is 4.74 Å². The SMILES string of the molecule is CN1CC(CCCl)Oc2c(ccc3cnccc23)C1=O. The third-order valence-corrected chi connectivity index (χ3v) is 3.76.